The van der Waals surface area contributed by atoms with Crippen LogP contribution in [-0.4, -0.2) is 40.3 Å². The van der Waals surface area contributed by atoms with Crippen LogP contribution in [0.1, 0.15) is 72.6 Å². The Balaban J connectivity index is 1.64. The van der Waals surface area contributed by atoms with Crippen LogP contribution in [0.25, 0.3) is 0 Å². The van der Waals surface area contributed by atoms with Crippen molar-refractivity contribution in [2.45, 2.75) is 84.3 Å². The van der Waals surface area contributed by atoms with Gasteiger partial charge in [0.15, 0.2) is 6.61 Å². The van der Waals surface area contributed by atoms with E-state index in [4.69, 9.17) is 4.74 Å². The number of ketones is 1. The fourth-order valence-electron chi connectivity index (χ4n) is 7.85. The molecule has 2 N–H and O–H groups in total. The molecule has 8 atom stereocenters. The summed E-state index contributed by atoms with van der Waals surface area (Å²) in [4.78, 5) is 24.3. The van der Waals surface area contributed by atoms with Crippen LogP contribution in [0.2, 0.25) is 0 Å². The van der Waals surface area contributed by atoms with Crippen LogP contribution in [0.15, 0.2) is 11.6 Å². The molecule has 5 nitrogen and oxygen atoms in total. The summed E-state index contributed by atoms with van der Waals surface area (Å²) in [6.45, 7) is 7.40. The number of hydrogen-bond acceptors (Lipinski definition) is 5. The van der Waals surface area contributed by atoms with Crippen LogP contribution in [0.3, 0.4) is 0 Å². The molecule has 4 rings (SSSR count). The van der Waals surface area contributed by atoms with E-state index in [1.54, 1.807) is 0 Å². The second-order valence-corrected chi connectivity index (χ2v) is 10.7. The Morgan fingerprint density at radius 1 is 1.21 bits per heavy atom. The van der Waals surface area contributed by atoms with Crippen molar-refractivity contribution < 1.29 is 24.5 Å². The molecule has 3 fully saturated rings. The largest absolute Gasteiger partial charge is 0.458 e. The molecular formula is C24H36O5. The highest BCUT2D eigenvalue weighted by molar-refractivity contribution is 5.91. The zero-order valence-corrected chi connectivity index (χ0v) is 18.2. The minimum atomic E-state index is -1.44. The van der Waals surface area contributed by atoms with E-state index in [1.165, 1.54) is 12.5 Å². The third kappa shape index (κ3) is 2.87. The van der Waals surface area contributed by atoms with Crippen molar-refractivity contribution in [3.05, 3.63) is 11.6 Å². The van der Waals surface area contributed by atoms with Crippen molar-refractivity contribution in [1.82, 2.24) is 0 Å². The van der Waals surface area contributed by atoms with E-state index in [0.717, 1.165) is 44.9 Å². The average molecular weight is 405 g/mol. The van der Waals surface area contributed by atoms with Gasteiger partial charge >= 0.3 is 5.97 Å². The van der Waals surface area contributed by atoms with Crippen LogP contribution >= 0.6 is 0 Å². The smallest absolute Gasteiger partial charge is 0.303 e. The second-order valence-electron chi connectivity index (χ2n) is 10.7. The lowest BCUT2D eigenvalue weighted by atomic mass is 9.46. The number of Topliss-reactive ketones (excluding diaryl/α,β-unsaturated/α-hetero) is 1. The van der Waals surface area contributed by atoms with Gasteiger partial charge in [0.05, 0.1) is 6.10 Å². The van der Waals surface area contributed by atoms with E-state index in [2.05, 4.69) is 19.9 Å². The first-order valence-electron chi connectivity index (χ1n) is 11.3. The highest BCUT2D eigenvalue weighted by atomic mass is 16.5. The molecule has 29 heavy (non-hydrogen) atoms. The Hall–Kier alpha value is -1.20. The van der Waals surface area contributed by atoms with Gasteiger partial charge in [-0.05, 0) is 74.0 Å². The van der Waals surface area contributed by atoms with Crippen molar-refractivity contribution in [2.75, 3.05) is 6.61 Å². The fraction of sp³-hybridized carbons (Fsp3) is 0.833. The van der Waals surface area contributed by atoms with Gasteiger partial charge in [-0.3, -0.25) is 9.59 Å². The molecule has 4 aliphatic rings. The average Bonchev–Trinajstić information content (AvgIpc) is 2.88. The molecule has 0 spiro atoms. The molecule has 0 aromatic heterocycles. The first-order valence-corrected chi connectivity index (χ1v) is 11.3. The van der Waals surface area contributed by atoms with Crippen molar-refractivity contribution in [3.63, 3.8) is 0 Å². The molecule has 0 aromatic rings. The maximum atomic E-state index is 13.1. The van der Waals surface area contributed by atoms with Gasteiger partial charge in [-0.1, -0.05) is 32.4 Å². The lowest BCUT2D eigenvalue weighted by Gasteiger charge is -2.58. The maximum Gasteiger partial charge on any atom is 0.303 e. The first-order chi connectivity index (χ1) is 13.5. The van der Waals surface area contributed by atoms with Gasteiger partial charge in [-0.2, -0.15) is 0 Å². The molecule has 0 saturated heterocycles. The molecule has 4 aliphatic carbocycles. The van der Waals surface area contributed by atoms with Crippen molar-refractivity contribution in [1.29, 1.82) is 0 Å². The standard InChI is InChI=1S/C24H36O5/c1-14-11-20-18-6-5-16-12-17(26)7-9-22(16,3)19(18)8-10-23(20,4)24(14,28)21(27)13-29-15(2)25/h5,14,17-20,26,28H,6-13H2,1-4H3/t14-,17+,18-,19-,20+,22+,23+,24+/m1/s1. The number of carbonyl (C=O) groups excluding carboxylic acids is 2. The third-order valence-electron chi connectivity index (χ3n) is 9.49. The van der Waals surface area contributed by atoms with Gasteiger partial charge in [0, 0.05) is 12.3 Å². The van der Waals surface area contributed by atoms with Crippen LogP contribution in [0.4, 0.5) is 0 Å². The SMILES string of the molecule is CC(=O)OCC(=O)[C@@]1(O)[C@H](C)C[C@H]2[C@@H]3CC=C4C[C@@H](O)CC[C@]4(C)[C@@H]3CC[C@@]21C. The minimum absolute atomic E-state index is 0.134. The second kappa shape index (κ2) is 6.91. The fourth-order valence-corrected chi connectivity index (χ4v) is 7.85. The molecule has 0 aromatic carbocycles. The number of aliphatic hydroxyl groups is 2. The number of carbonyl (C=O) groups is 2. The van der Waals surface area contributed by atoms with Gasteiger partial charge in [0.1, 0.15) is 5.60 Å². The van der Waals surface area contributed by atoms with Crippen molar-refractivity contribution in [3.8, 4) is 0 Å². The van der Waals surface area contributed by atoms with E-state index in [1.807, 2.05) is 6.92 Å². The summed E-state index contributed by atoms with van der Waals surface area (Å²) in [7, 11) is 0. The van der Waals surface area contributed by atoms with Crippen LogP contribution in [0.5, 0.6) is 0 Å². The first kappa shape index (κ1) is 21.0. The van der Waals surface area contributed by atoms with Gasteiger partial charge in [-0.15, -0.1) is 0 Å². The number of fused-ring (bicyclic) bond motifs is 5. The summed E-state index contributed by atoms with van der Waals surface area (Å²) in [5.41, 5.74) is -0.366. The van der Waals surface area contributed by atoms with Gasteiger partial charge in [0.2, 0.25) is 5.78 Å². The summed E-state index contributed by atoms with van der Waals surface area (Å²) in [6.07, 6.45) is 8.45. The van der Waals surface area contributed by atoms with Gasteiger partial charge in [-0.25, -0.2) is 0 Å². The van der Waals surface area contributed by atoms with Crippen LogP contribution < -0.4 is 0 Å². The Kier molecular flexibility index (Phi) is 5.02. The number of hydrogen-bond donors (Lipinski definition) is 2. The summed E-state index contributed by atoms with van der Waals surface area (Å²) in [5, 5.41) is 21.9. The van der Waals surface area contributed by atoms with Gasteiger partial charge in [0.25, 0.3) is 0 Å². The number of allylic oxidation sites excluding steroid dienone is 1. The Morgan fingerprint density at radius 3 is 2.62 bits per heavy atom. The molecule has 162 valence electrons. The van der Waals surface area contributed by atoms with E-state index < -0.39 is 17.0 Å². The Labute approximate surface area is 173 Å². The lowest BCUT2D eigenvalue weighted by Crippen LogP contribution is -2.59. The summed E-state index contributed by atoms with van der Waals surface area (Å²) >= 11 is 0. The van der Waals surface area contributed by atoms with E-state index >= 15 is 0 Å². The molecule has 0 amide bonds. The molecule has 0 bridgehead atoms. The van der Waals surface area contributed by atoms with Crippen LogP contribution in [-0.2, 0) is 14.3 Å². The predicted octanol–water partition coefficient (Wildman–Crippen LogP) is 3.42. The van der Waals surface area contributed by atoms with E-state index in [0.29, 0.717) is 11.8 Å². The monoisotopic (exact) mass is 404 g/mol. The normalized spacial score (nSPS) is 48.8. The Morgan fingerprint density at radius 2 is 1.93 bits per heavy atom. The Bertz CT molecular complexity index is 744. The summed E-state index contributed by atoms with van der Waals surface area (Å²) < 4.78 is 4.98. The summed E-state index contributed by atoms with van der Waals surface area (Å²) in [5.74, 6) is 0.301. The number of aliphatic hydroxyl groups excluding tert-OH is 1. The zero-order valence-electron chi connectivity index (χ0n) is 18.2. The molecule has 5 heteroatoms. The van der Waals surface area contributed by atoms with Crippen LogP contribution in [0, 0.1) is 34.5 Å². The van der Waals surface area contributed by atoms with Crippen molar-refractivity contribution >= 4 is 11.8 Å². The number of esters is 1. The van der Waals surface area contributed by atoms with Crippen molar-refractivity contribution in [2.24, 2.45) is 34.5 Å². The zero-order chi connectivity index (χ0) is 21.2. The molecule has 0 radical (unpaired) electrons. The third-order valence-corrected chi connectivity index (χ3v) is 9.49. The molecule has 3 saturated carbocycles. The molecule has 0 aliphatic heterocycles. The predicted molar refractivity (Wildman–Crippen MR) is 109 cm³/mol. The van der Waals surface area contributed by atoms with E-state index in [-0.39, 0.29) is 35.7 Å². The molecule has 0 unspecified atom stereocenters. The number of ether oxygens (including phenoxy) is 1. The van der Waals surface area contributed by atoms with Gasteiger partial charge < -0.3 is 14.9 Å². The highest BCUT2D eigenvalue weighted by Crippen LogP contribution is 2.68. The van der Waals surface area contributed by atoms with E-state index in [9.17, 15) is 19.8 Å². The lowest BCUT2D eigenvalue weighted by molar-refractivity contribution is -0.173. The number of rotatable bonds is 3. The molecular weight excluding hydrogens is 368 g/mol. The minimum Gasteiger partial charge on any atom is -0.458 e. The topological polar surface area (TPSA) is 83.8 Å². The maximum absolute atomic E-state index is 13.1. The molecule has 0 heterocycles. The summed E-state index contributed by atoms with van der Waals surface area (Å²) in [6, 6.07) is 0. The quantitative estimate of drug-likeness (QED) is 0.556. The highest BCUT2D eigenvalue weighted by Gasteiger charge is 2.68.